The Kier molecular flexibility index (Phi) is 4.13. The molecule has 0 aliphatic heterocycles. The maximum atomic E-state index is 5.87. The van der Waals surface area contributed by atoms with Gasteiger partial charge >= 0.3 is 0 Å². The fourth-order valence-electron chi connectivity index (χ4n) is 3.14. The SMILES string of the molecule is Cc1nn(C)c(N(C)C2CCC(C)CC2)c1C(N)=S. The molecule has 0 atom stereocenters. The zero-order valence-electron chi connectivity index (χ0n) is 12.3. The summed E-state index contributed by atoms with van der Waals surface area (Å²) in [5, 5.41) is 4.47. The summed E-state index contributed by atoms with van der Waals surface area (Å²) >= 11 is 5.19. The van der Waals surface area contributed by atoms with E-state index in [0.717, 1.165) is 23.0 Å². The lowest BCUT2D eigenvalue weighted by atomic mass is 9.86. The fourth-order valence-corrected chi connectivity index (χ4v) is 3.38. The van der Waals surface area contributed by atoms with E-state index >= 15 is 0 Å². The quantitative estimate of drug-likeness (QED) is 0.864. The van der Waals surface area contributed by atoms with E-state index in [4.69, 9.17) is 18.0 Å². The van der Waals surface area contributed by atoms with Gasteiger partial charge in [-0.2, -0.15) is 5.10 Å². The van der Waals surface area contributed by atoms with E-state index in [1.165, 1.54) is 25.7 Å². The Bertz CT molecular complexity index is 472. The second-order valence-corrected chi connectivity index (χ2v) is 6.24. The van der Waals surface area contributed by atoms with Crippen molar-refractivity contribution in [1.29, 1.82) is 0 Å². The van der Waals surface area contributed by atoms with E-state index in [1.54, 1.807) is 0 Å². The van der Waals surface area contributed by atoms with Crippen LogP contribution >= 0.6 is 12.2 Å². The summed E-state index contributed by atoms with van der Waals surface area (Å²) < 4.78 is 1.90. The number of thiocarbonyl (C=S) groups is 1. The maximum Gasteiger partial charge on any atom is 0.137 e. The van der Waals surface area contributed by atoms with Crippen LogP contribution in [-0.4, -0.2) is 27.9 Å². The summed E-state index contributed by atoms with van der Waals surface area (Å²) in [6, 6.07) is 0.569. The Morgan fingerprint density at radius 1 is 1.37 bits per heavy atom. The number of nitrogens with two attached hydrogens (primary N) is 1. The molecule has 0 unspecified atom stereocenters. The zero-order chi connectivity index (χ0) is 14.2. The normalized spacial score (nSPS) is 23.4. The zero-order valence-corrected chi connectivity index (χ0v) is 13.1. The highest BCUT2D eigenvalue weighted by Gasteiger charge is 2.27. The first kappa shape index (κ1) is 14.3. The minimum absolute atomic E-state index is 0.441. The van der Waals surface area contributed by atoms with Crippen LogP contribution in [0.1, 0.15) is 43.9 Å². The van der Waals surface area contributed by atoms with Crippen LogP contribution < -0.4 is 10.6 Å². The second-order valence-electron chi connectivity index (χ2n) is 5.80. The molecule has 1 aromatic heterocycles. The van der Waals surface area contributed by atoms with Crippen LogP contribution in [0.5, 0.6) is 0 Å². The van der Waals surface area contributed by atoms with Crippen molar-refractivity contribution >= 4 is 23.0 Å². The van der Waals surface area contributed by atoms with E-state index in [-0.39, 0.29) is 0 Å². The van der Waals surface area contributed by atoms with E-state index in [0.29, 0.717) is 11.0 Å². The smallest absolute Gasteiger partial charge is 0.137 e. The molecule has 1 aromatic rings. The molecule has 0 amide bonds. The van der Waals surface area contributed by atoms with Gasteiger partial charge in [-0.3, -0.25) is 4.68 Å². The van der Waals surface area contributed by atoms with Crippen molar-refractivity contribution in [3.05, 3.63) is 11.3 Å². The lowest BCUT2D eigenvalue weighted by molar-refractivity contribution is 0.338. The van der Waals surface area contributed by atoms with Gasteiger partial charge in [-0.05, 0) is 38.5 Å². The summed E-state index contributed by atoms with van der Waals surface area (Å²) in [4.78, 5) is 2.76. The summed E-state index contributed by atoms with van der Waals surface area (Å²) in [5.74, 6) is 1.91. The monoisotopic (exact) mass is 280 g/mol. The van der Waals surface area contributed by atoms with Gasteiger partial charge < -0.3 is 10.6 Å². The molecule has 0 saturated heterocycles. The molecule has 0 bridgehead atoms. The first-order valence-corrected chi connectivity index (χ1v) is 7.38. The standard InChI is InChI=1S/C14H24N4S/c1-9-5-7-11(8-6-9)17(3)14-12(13(15)19)10(2)16-18(14)4/h9,11H,5-8H2,1-4H3,(H2,15,19). The molecule has 1 aliphatic rings. The van der Waals surface area contributed by atoms with Gasteiger partial charge in [0.2, 0.25) is 0 Å². The summed E-state index contributed by atoms with van der Waals surface area (Å²) in [6.45, 7) is 4.31. The van der Waals surface area contributed by atoms with Crippen LogP contribution in [0, 0.1) is 12.8 Å². The topological polar surface area (TPSA) is 47.1 Å². The van der Waals surface area contributed by atoms with Gasteiger partial charge in [0, 0.05) is 20.1 Å². The molecule has 1 fully saturated rings. The predicted octanol–water partition coefficient (Wildman–Crippen LogP) is 2.38. The first-order chi connectivity index (χ1) is 8.91. The lowest BCUT2D eigenvalue weighted by Crippen LogP contribution is -2.37. The Balaban J connectivity index is 2.28. The van der Waals surface area contributed by atoms with E-state index < -0.39 is 0 Å². The molecule has 0 aromatic carbocycles. The van der Waals surface area contributed by atoms with Crippen LogP contribution in [0.15, 0.2) is 0 Å². The van der Waals surface area contributed by atoms with Crippen molar-refractivity contribution in [3.8, 4) is 0 Å². The third-order valence-electron chi connectivity index (χ3n) is 4.31. The molecule has 19 heavy (non-hydrogen) atoms. The third-order valence-corrected chi connectivity index (χ3v) is 4.51. The van der Waals surface area contributed by atoms with Gasteiger partial charge in [-0.1, -0.05) is 19.1 Å². The minimum Gasteiger partial charge on any atom is -0.389 e. The number of nitrogens with zero attached hydrogens (tertiary/aromatic N) is 3. The molecule has 4 nitrogen and oxygen atoms in total. The number of anilines is 1. The lowest BCUT2D eigenvalue weighted by Gasteiger charge is -2.35. The van der Waals surface area contributed by atoms with Gasteiger partial charge in [-0.25, -0.2) is 0 Å². The summed E-state index contributed by atoms with van der Waals surface area (Å²) in [5.41, 5.74) is 7.72. The fraction of sp³-hybridized carbons (Fsp3) is 0.714. The molecule has 2 N–H and O–H groups in total. The van der Waals surface area contributed by atoms with Crippen molar-refractivity contribution in [3.63, 3.8) is 0 Å². The highest BCUT2D eigenvalue weighted by atomic mass is 32.1. The highest BCUT2D eigenvalue weighted by Crippen LogP contribution is 2.31. The Morgan fingerprint density at radius 3 is 2.47 bits per heavy atom. The van der Waals surface area contributed by atoms with Gasteiger partial charge in [0.25, 0.3) is 0 Å². The molecule has 1 aliphatic carbocycles. The number of aromatic nitrogens is 2. The number of hydrogen-bond donors (Lipinski definition) is 1. The van der Waals surface area contributed by atoms with E-state index in [2.05, 4.69) is 24.0 Å². The molecule has 1 heterocycles. The van der Waals surface area contributed by atoms with E-state index in [9.17, 15) is 0 Å². The van der Waals surface area contributed by atoms with Gasteiger partial charge in [0.15, 0.2) is 0 Å². The van der Waals surface area contributed by atoms with E-state index in [1.807, 2.05) is 18.7 Å². The molecule has 0 radical (unpaired) electrons. The Labute approximate surface area is 121 Å². The van der Waals surface area contributed by atoms with Gasteiger partial charge in [0.1, 0.15) is 10.8 Å². The van der Waals surface area contributed by atoms with Crippen LogP contribution in [0.2, 0.25) is 0 Å². The average Bonchev–Trinajstić information content (AvgIpc) is 2.64. The van der Waals surface area contributed by atoms with Gasteiger partial charge in [0.05, 0.1) is 11.3 Å². The Hall–Kier alpha value is -1.10. The predicted molar refractivity (Wildman–Crippen MR) is 83.7 cm³/mol. The second kappa shape index (κ2) is 5.49. The molecule has 106 valence electrons. The van der Waals surface area contributed by atoms with Crippen molar-refractivity contribution in [2.24, 2.45) is 18.7 Å². The number of rotatable bonds is 3. The van der Waals surface area contributed by atoms with Crippen molar-refractivity contribution < 1.29 is 0 Å². The summed E-state index contributed by atoms with van der Waals surface area (Å²) in [7, 11) is 4.10. The maximum absolute atomic E-state index is 5.87. The summed E-state index contributed by atoms with van der Waals surface area (Å²) in [6.07, 6.45) is 5.07. The minimum atomic E-state index is 0.441. The molecule has 0 spiro atoms. The highest BCUT2D eigenvalue weighted by molar-refractivity contribution is 7.80. The average molecular weight is 280 g/mol. The van der Waals surface area contributed by atoms with Crippen LogP contribution in [0.25, 0.3) is 0 Å². The first-order valence-electron chi connectivity index (χ1n) is 6.98. The van der Waals surface area contributed by atoms with Crippen molar-refractivity contribution in [1.82, 2.24) is 9.78 Å². The number of aryl methyl sites for hydroxylation is 2. The van der Waals surface area contributed by atoms with Crippen LogP contribution in [-0.2, 0) is 7.05 Å². The van der Waals surface area contributed by atoms with Crippen LogP contribution in [0.3, 0.4) is 0 Å². The van der Waals surface area contributed by atoms with Crippen LogP contribution in [0.4, 0.5) is 5.82 Å². The number of hydrogen-bond acceptors (Lipinski definition) is 3. The van der Waals surface area contributed by atoms with Gasteiger partial charge in [-0.15, -0.1) is 0 Å². The van der Waals surface area contributed by atoms with Crippen molar-refractivity contribution in [2.45, 2.75) is 45.6 Å². The Morgan fingerprint density at radius 2 is 1.95 bits per heavy atom. The third kappa shape index (κ3) is 2.76. The molecular weight excluding hydrogens is 256 g/mol. The van der Waals surface area contributed by atoms with Crippen molar-refractivity contribution in [2.75, 3.05) is 11.9 Å². The molecule has 2 rings (SSSR count). The molecular formula is C14H24N4S. The molecule has 5 heteroatoms. The largest absolute Gasteiger partial charge is 0.389 e. The molecule has 1 saturated carbocycles.